The minimum atomic E-state index is -0.276. The summed E-state index contributed by atoms with van der Waals surface area (Å²) in [5.41, 5.74) is 0.509. The molecule has 17 heavy (non-hydrogen) atoms. The summed E-state index contributed by atoms with van der Waals surface area (Å²) >= 11 is 9.05. The molecule has 2 aromatic carbocycles. The van der Waals surface area contributed by atoms with Crippen LogP contribution in [0.25, 0.3) is 0 Å². The molecule has 2 aromatic rings. The fourth-order valence-corrected chi connectivity index (χ4v) is 1.88. The SMILES string of the molecule is Fc1ccc(Br)cc1COc1ccc(Cl)cc1. The Morgan fingerprint density at radius 3 is 2.53 bits per heavy atom. The molecule has 2 rings (SSSR count). The highest BCUT2D eigenvalue weighted by molar-refractivity contribution is 9.10. The Bertz CT molecular complexity index is 513. The third-order valence-electron chi connectivity index (χ3n) is 2.22. The summed E-state index contributed by atoms with van der Waals surface area (Å²) in [6.07, 6.45) is 0. The van der Waals surface area contributed by atoms with Crippen LogP contribution in [0.4, 0.5) is 4.39 Å². The van der Waals surface area contributed by atoms with Crippen LogP contribution in [0.2, 0.25) is 5.02 Å². The molecule has 0 fully saturated rings. The molecule has 0 aromatic heterocycles. The maximum atomic E-state index is 13.4. The largest absolute Gasteiger partial charge is 0.489 e. The maximum absolute atomic E-state index is 13.4. The summed E-state index contributed by atoms with van der Waals surface area (Å²) in [5.74, 6) is 0.385. The van der Waals surface area contributed by atoms with Gasteiger partial charge in [-0.2, -0.15) is 0 Å². The van der Waals surface area contributed by atoms with Crippen molar-refractivity contribution in [3.05, 3.63) is 63.3 Å². The average molecular weight is 316 g/mol. The Morgan fingerprint density at radius 2 is 1.82 bits per heavy atom. The molecule has 0 atom stereocenters. The van der Waals surface area contributed by atoms with Gasteiger partial charge in [0.2, 0.25) is 0 Å². The van der Waals surface area contributed by atoms with E-state index in [4.69, 9.17) is 16.3 Å². The van der Waals surface area contributed by atoms with Gasteiger partial charge in [-0.3, -0.25) is 0 Å². The van der Waals surface area contributed by atoms with E-state index in [0.29, 0.717) is 16.3 Å². The van der Waals surface area contributed by atoms with Crippen molar-refractivity contribution in [2.45, 2.75) is 6.61 Å². The van der Waals surface area contributed by atoms with Crippen LogP contribution in [0.1, 0.15) is 5.56 Å². The molecular formula is C13H9BrClFO. The molecule has 0 aliphatic carbocycles. The van der Waals surface area contributed by atoms with Crippen LogP contribution in [-0.4, -0.2) is 0 Å². The number of benzene rings is 2. The van der Waals surface area contributed by atoms with Crippen LogP contribution in [-0.2, 0) is 6.61 Å². The molecule has 0 heterocycles. The molecule has 0 amide bonds. The zero-order valence-corrected chi connectivity index (χ0v) is 11.1. The van der Waals surface area contributed by atoms with Crippen LogP contribution >= 0.6 is 27.5 Å². The lowest BCUT2D eigenvalue weighted by molar-refractivity contribution is 0.300. The minimum absolute atomic E-state index is 0.187. The van der Waals surface area contributed by atoms with Crippen LogP contribution in [0, 0.1) is 5.82 Å². The lowest BCUT2D eigenvalue weighted by atomic mass is 10.2. The summed E-state index contributed by atoms with van der Waals surface area (Å²) < 4.78 is 19.7. The summed E-state index contributed by atoms with van der Waals surface area (Å²) in [5, 5.41) is 0.644. The van der Waals surface area contributed by atoms with Gasteiger partial charge >= 0.3 is 0 Å². The number of halogens is 3. The number of ether oxygens (including phenoxy) is 1. The first-order chi connectivity index (χ1) is 8.15. The van der Waals surface area contributed by atoms with E-state index in [1.54, 1.807) is 36.4 Å². The zero-order valence-electron chi connectivity index (χ0n) is 8.79. The highest BCUT2D eigenvalue weighted by Gasteiger charge is 2.03. The first kappa shape index (κ1) is 12.4. The molecule has 0 aliphatic rings. The van der Waals surface area contributed by atoms with Crippen molar-refractivity contribution in [3.63, 3.8) is 0 Å². The van der Waals surface area contributed by atoms with E-state index in [1.165, 1.54) is 6.07 Å². The van der Waals surface area contributed by atoms with Crippen LogP contribution in [0.5, 0.6) is 5.75 Å². The summed E-state index contributed by atoms with van der Waals surface area (Å²) in [7, 11) is 0. The zero-order chi connectivity index (χ0) is 12.3. The Hall–Kier alpha value is -1.06. The molecule has 1 nitrogen and oxygen atoms in total. The molecule has 0 spiro atoms. The lowest BCUT2D eigenvalue weighted by Crippen LogP contribution is -1.98. The fraction of sp³-hybridized carbons (Fsp3) is 0.0769. The Labute approximate surface area is 112 Å². The topological polar surface area (TPSA) is 9.23 Å². The second-order valence-corrected chi connectivity index (χ2v) is 4.83. The first-order valence-corrected chi connectivity index (χ1v) is 6.14. The van der Waals surface area contributed by atoms with Crippen molar-refractivity contribution in [1.29, 1.82) is 0 Å². The standard InChI is InChI=1S/C13H9BrClFO/c14-10-1-6-13(16)9(7-10)8-17-12-4-2-11(15)3-5-12/h1-7H,8H2. The highest BCUT2D eigenvalue weighted by Crippen LogP contribution is 2.19. The van der Waals surface area contributed by atoms with Gasteiger partial charge in [-0.25, -0.2) is 4.39 Å². The number of hydrogen-bond acceptors (Lipinski definition) is 1. The van der Waals surface area contributed by atoms with Gasteiger partial charge in [0.05, 0.1) is 0 Å². The van der Waals surface area contributed by atoms with Crippen LogP contribution < -0.4 is 4.74 Å². The minimum Gasteiger partial charge on any atom is -0.489 e. The molecule has 0 aliphatic heterocycles. The Balaban J connectivity index is 2.07. The van der Waals surface area contributed by atoms with Crippen LogP contribution in [0.3, 0.4) is 0 Å². The van der Waals surface area contributed by atoms with Gasteiger partial charge in [-0.05, 0) is 42.5 Å². The van der Waals surface area contributed by atoms with E-state index in [0.717, 1.165) is 4.47 Å². The average Bonchev–Trinajstić information content (AvgIpc) is 2.32. The smallest absolute Gasteiger partial charge is 0.129 e. The maximum Gasteiger partial charge on any atom is 0.129 e. The quantitative estimate of drug-likeness (QED) is 0.789. The van der Waals surface area contributed by atoms with Gasteiger partial charge in [0, 0.05) is 15.1 Å². The number of rotatable bonds is 3. The third kappa shape index (κ3) is 3.45. The van der Waals surface area contributed by atoms with E-state index in [2.05, 4.69) is 15.9 Å². The van der Waals surface area contributed by atoms with Gasteiger partial charge < -0.3 is 4.74 Å². The summed E-state index contributed by atoms with van der Waals surface area (Å²) in [4.78, 5) is 0. The van der Waals surface area contributed by atoms with Crippen molar-refractivity contribution >= 4 is 27.5 Å². The predicted octanol–water partition coefficient (Wildman–Crippen LogP) is 4.82. The van der Waals surface area contributed by atoms with E-state index >= 15 is 0 Å². The van der Waals surface area contributed by atoms with Crippen molar-refractivity contribution < 1.29 is 9.13 Å². The predicted molar refractivity (Wildman–Crippen MR) is 69.9 cm³/mol. The van der Waals surface area contributed by atoms with Crippen molar-refractivity contribution in [2.24, 2.45) is 0 Å². The van der Waals surface area contributed by atoms with Crippen molar-refractivity contribution in [1.82, 2.24) is 0 Å². The third-order valence-corrected chi connectivity index (χ3v) is 2.96. The van der Waals surface area contributed by atoms with Crippen LogP contribution in [0.15, 0.2) is 46.9 Å². The van der Waals surface area contributed by atoms with E-state index in [-0.39, 0.29) is 12.4 Å². The van der Waals surface area contributed by atoms with Gasteiger partial charge in [-0.1, -0.05) is 27.5 Å². The molecule has 88 valence electrons. The molecular weight excluding hydrogens is 306 g/mol. The van der Waals surface area contributed by atoms with Gasteiger partial charge in [0.25, 0.3) is 0 Å². The normalized spacial score (nSPS) is 10.3. The Kier molecular flexibility index (Phi) is 4.02. The van der Waals surface area contributed by atoms with Crippen molar-refractivity contribution in [3.8, 4) is 5.75 Å². The molecule has 4 heteroatoms. The van der Waals surface area contributed by atoms with Gasteiger partial charge in [-0.15, -0.1) is 0 Å². The fourth-order valence-electron chi connectivity index (χ4n) is 1.35. The van der Waals surface area contributed by atoms with Gasteiger partial charge in [0.15, 0.2) is 0 Å². The summed E-state index contributed by atoms with van der Waals surface area (Å²) in [6.45, 7) is 0.187. The monoisotopic (exact) mass is 314 g/mol. The molecule has 0 radical (unpaired) electrons. The van der Waals surface area contributed by atoms with E-state index in [1.807, 2.05) is 0 Å². The van der Waals surface area contributed by atoms with Gasteiger partial charge in [0.1, 0.15) is 18.2 Å². The Morgan fingerprint density at radius 1 is 1.12 bits per heavy atom. The van der Waals surface area contributed by atoms with E-state index < -0.39 is 0 Å². The van der Waals surface area contributed by atoms with Crippen molar-refractivity contribution in [2.75, 3.05) is 0 Å². The number of hydrogen-bond donors (Lipinski definition) is 0. The first-order valence-electron chi connectivity index (χ1n) is 4.97. The second kappa shape index (κ2) is 5.52. The summed E-state index contributed by atoms with van der Waals surface area (Å²) in [6, 6.07) is 11.7. The molecule has 0 unspecified atom stereocenters. The molecule has 0 N–H and O–H groups in total. The molecule has 0 bridgehead atoms. The molecule has 0 saturated carbocycles. The lowest BCUT2D eigenvalue weighted by Gasteiger charge is -2.07. The second-order valence-electron chi connectivity index (χ2n) is 3.48. The highest BCUT2D eigenvalue weighted by atomic mass is 79.9. The van der Waals surface area contributed by atoms with E-state index in [9.17, 15) is 4.39 Å². The molecule has 0 saturated heterocycles.